The first kappa shape index (κ1) is 54.9. The van der Waals surface area contributed by atoms with E-state index in [0.717, 1.165) is 70.6 Å². The predicted molar refractivity (Wildman–Crippen MR) is 233 cm³/mol. The number of hydrogen-bond acceptors (Lipinski definition) is 9. The summed E-state index contributed by atoms with van der Waals surface area (Å²) in [5, 5.41) is 19.2. The number of aliphatic hydroxyl groups excluding tert-OH is 2. The van der Waals surface area contributed by atoms with Crippen LogP contribution in [0.15, 0.2) is 48.6 Å². The molecule has 0 saturated heterocycles. The number of rotatable bonds is 42. The molecule has 0 aliphatic rings. The fourth-order valence-electron chi connectivity index (χ4n) is 6.11. The normalized spacial score (nSPS) is 14.3. The van der Waals surface area contributed by atoms with Crippen LogP contribution in [-0.2, 0) is 32.7 Å². The second kappa shape index (κ2) is 42.1. The average molecular weight is 827 g/mol. The van der Waals surface area contributed by atoms with Crippen LogP contribution < -0.4 is 0 Å². The Morgan fingerprint density at radius 2 is 0.825 bits per heavy atom. The average Bonchev–Trinajstić information content (AvgIpc) is 3.20. The Bertz CT molecular complexity index is 1090. The maximum Gasteiger partial charge on any atom is 0.472 e. The van der Waals surface area contributed by atoms with Crippen LogP contribution in [0.1, 0.15) is 194 Å². The standard InChI is InChI=1S/C46H83O10P/c1-3-5-7-9-11-13-15-16-17-18-19-20-21-22-23-24-25-26-28-30-32-34-36-38-46(50)56-44(40-48)42-54-57(51,52)53-41-43(39-47)55-45(49)37-35-33-31-29-27-14-12-10-8-6-4-2/h5,7,11,13,16-17,19-20,43-44,47-48H,3-4,6,8-10,12,14-15,18,21-42H2,1-2H3,(H,51,52)/b7-5-,13-11-,17-16-,20-19-. The van der Waals surface area contributed by atoms with Gasteiger partial charge in [-0.1, -0.05) is 178 Å². The number of aliphatic hydroxyl groups is 2. The second-order valence-corrected chi connectivity index (χ2v) is 16.5. The summed E-state index contributed by atoms with van der Waals surface area (Å²) in [5.41, 5.74) is 0. The minimum Gasteiger partial charge on any atom is -0.457 e. The molecule has 0 aromatic rings. The third-order valence-electron chi connectivity index (χ3n) is 9.56. The zero-order valence-corrected chi connectivity index (χ0v) is 36.9. The molecule has 0 aliphatic heterocycles. The van der Waals surface area contributed by atoms with Crippen molar-refractivity contribution in [3.8, 4) is 0 Å². The fourth-order valence-corrected chi connectivity index (χ4v) is 6.89. The number of ether oxygens (including phenoxy) is 2. The summed E-state index contributed by atoms with van der Waals surface area (Å²) >= 11 is 0. The molecule has 10 nitrogen and oxygen atoms in total. The van der Waals surface area contributed by atoms with Gasteiger partial charge in [-0.15, -0.1) is 0 Å². The minimum atomic E-state index is -4.63. The van der Waals surface area contributed by atoms with Crippen molar-refractivity contribution >= 4 is 19.8 Å². The Hall–Kier alpha value is -2.07. The van der Waals surface area contributed by atoms with Crippen molar-refractivity contribution in [2.75, 3.05) is 26.4 Å². The molecule has 0 aromatic carbocycles. The summed E-state index contributed by atoms with van der Waals surface area (Å²) in [6, 6.07) is 0. The molecular weight excluding hydrogens is 743 g/mol. The molecular formula is C46H83O10P. The van der Waals surface area contributed by atoms with Crippen molar-refractivity contribution in [2.45, 2.75) is 206 Å². The van der Waals surface area contributed by atoms with Gasteiger partial charge in [-0.05, 0) is 51.4 Å². The number of esters is 2. The molecule has 0 fully saturated rings. The van der Waals surface area contributed by atoms with Gasteiger partial charge >= 0.3 is 19.8 Å². The van der Waals surface area contributed by atoms with Gasteiger partial charge < -0.3 is 24.6 Å². The molecule has 0 amide bonds. The number of allylic oxidation sites excluding steroid dienone is 8. The quantitative estimate of drug-likeness (QED) is 0.0235. The van der Waals surface area contributed by atoms with Crippen LogP contribution >= 0.6 is 7.82 Å². The Labute approximate surface area is 347 Å². The molecule has 57 heavy (non-hydrogen) atoms. The number of carbonyl (C=O) groups excluding carboxylic acids is 2. The van der Waals surface area contributed by atoms with E-state index in [0.29, 0.717) is 12.8 Å². The van der Waals surface area contributed by atoms with Gasteiger partial charge in [0.05, 0.1) is 26.4 Å². The Balaban J connectivity index is 3.86. The molecule has 0 saturated carbocycles. The maximum absolute atomic E-state index is 12.4. The summed E-state index contributed by atoms with van der Waals surface area (Å²) in [4.78, 5) is 34.5. The first-order valence-electron chi connectivity index (χ1n) is 22.6. The van der Waals surface area contributed by atoms with Crippen molar-refractivity contribution in [1.82, 2.24) is 0 Å². The highest BCUT2D eigenvalue weighted by molar-refractivity contribution is 7.47. The van der Waals surface area contributed by atoms with Crippen molar-refractivity contribution in [2.24, 2.45) is 0 Å². The van der Waals surface area contributed by atoms with Gasteiger partial charge in [0.2, 0.25) is 0 Å². The SMILES string of the molecule is CC/C=C\C/C=C\C/C=C\C/C=C\CCCCCCCCCCCCC(=O)OC(CO)COP(=O)(O)OCC(CO)OC(=O)CCCCCCCCCCCCC. The number of hydrogen-bond donors (Lipinski definition) is 3. The first-order valence-corrected chi connectivity index (χ1v) is 24.1. The molecule has 3 atom stereocenters. The fraction of sp³-hybridized carbons (Fsp3) is 0.783. The molecule has 0 rings (SSSR count). The summed E-state index contributed by atoms with van der Waals surface area (Å²) in [7, 11) is -4.63. The Morgan fingerprint density at radius 3 is 1.19 bits per heavy atom. The highest BCUT2D eigenvalue weighted by atomic mass is 31.2. The molecule has 0 bridgehead atoms. The minimum absolute atomic E-state index is 0.186. The second-order valence-electron chi connectivity index (χ2n) is 15.0. The molecule has 0 aromatic heterocycles. The maximum atomic E-state index is 12.4. The molecule has 3 N–H and O–H groups in total. The summed E-state index contributed by atoms with van der Waals surface area (Å²) in [6.45, 7) is 2.09. The smallest absolute Gasteiger partial charge is 0.457 e. The van der Waals surface area contributed by atoms with E-state index in [-0.39, 0.29) is 12.8 Å². The van der Waals surface area contributed by atoms with Gasteiger partial charge in [0.1, 0.15) is 12.2 Å². The van der Waals surface area contributed by atoms with Gasteiger partial charge in [0.15, 0.2) is 0 Å². The summed E-state index contributed by atoms with van der Waals surface area (Å²) in [6.07, 6.45) is 45.2. The van der Waals surface area contributed by atoms with Gasteiger partial charge in [0, 0.05) is 12.8 Å². The van der Waals surface area contributed by atoms with Crippen LogP contribution in [0, 0.1) is 0 Å². The summed E-state index contributed by atoms with van der Waals surface area (Å²) < 4.78 is 32.6. The van der Waals surface area contributed by atoms with Crippen molar-refractivity contribution in [1.29, 1.82) is 0 Å². The van der Waals surface area contributed by atoms with Crippen LogP contribution in [0.25, 0.3) is 0 Å². The monoisotopic (exact) mass is 827 g/mol. The van der Waals surface area contributed by atoms with E-state index < -0.39 is 58.4 Å². The van der Waals surface area contributed by atoms with Gasteiger partial charge in [-0.2, -0.15) is 0 Å². The molecule has 0 spiro atoms. The van der Waals surface area contributed by atoms with E-state index in [4.69, 9.17) is 18.5 Å². The third-order valence-corrected chi connectivity index (χ3v) is 10.5. The van der Waals surface area contributed by atoms with Crippen molar-refractivity contribution in [3.63, 3.8) is 0 Å². The molecule has 0 radical (unpaired) electrons. The van der Waals surface area contributed by atoms with E-state index >= 15 is 0 Å². The van der Waals surface area contributed by atoms with Gasteiger partial charge in [-0.3, -0.25) is 18.6 Å². The molecule has 3 unspecified atom stereocenters. The van der Waals surface area contributed by atoms with E-state index in [1.54, 1.807) is 0 Å². The van der Waals surface area contributed by atoms with Crippen LogP contribution in [0.4, 0.5) is 0 Å². The van der Waals surface area contributed by atoms with E-state index in [9.17, 15) is 29.3 Å². The third kappa shape index (κ3) is 40.5. The number of phosphoric ester groups is 1. The van der Waals surface area contributed by atoms with Crippen LogP contribution in [-0.4, -0.2) is 65.7 Å². The highest BCUT2D eigenvalue weighted by Crippen LogP contribution is 2.43. The molecule has 11 heteroatoms. The Kier molecular flexibility index (Phi) is 40.5. The lowest BCUT2D eigenvalue weighted by Crippen LogP contribution is -2.28. The summed E-state index contributed by atoms with van der Waals surface area (Å²) in [5.74, 6) is -1.02. The number of carbonyl (C=O) groups is 2. The van der Waals surface area contributed by atoms with Crippen LogP contribution in [0.5, 0.6) is 0 Å². The zero-order valence-electron chi connectivity index (χ0n) is 36.0. The zero-order chi connectivity index (χ0) is 41.9. The van der Waals surface area contributed by atoms with E-state index in [2.05, 4.69) is 62.5 Å². The molecule has 0 heterocycles. The van der Waals surface area contributed by atoms with Crippen LogP contribution in [0.2, 0.25) is 0 Å². The van der Waals surface area contributed by atoms with Gasteiger partial charge in [-0.25, -0.2) is 4.57 Å². The van der Waals surface area contributed by atoms with Gasteiger partial charge in [0.25, 0.3) is 0 Å². The Morgan fingerprint density at radius 1 is 0.491 bits per heavy atom. The van der Waals surface area contributed by atoms with Crippen molar-refractivity contribution in [3.05, 3.63) is 48.6 Å². The lowest BCUT2D eigenvalue weighted by Gasteiger charge is -2.20. The predicted octanol–water partition coefficient (Wildman–Crippen LogP) is 12.1. The topological polar surface area (TPSA) is 149 Å². The van der Waals surface area contributed by atoms with Crippen molar-refractivity contribution < 1.29 is 47.8 Å². The molecule has 332 valence electrons. The number of phosphoric acid groups is 1. The lowest BCUT2D eigenvalue weighted by molar-refractivity contribution is -0.153. The highest BCUT2D eigenvalue weighted by Gasteiger charge is 2.27. The molecule has 0 aliphatic carbocycles. The largest absolute Gasteiger partial charge is 0.472 e. The van der Waals surface area contributed by atoms with E-state index in [1.165, 1.54) is 83.5 Å². The lowest BCUT2D eigenvalue weighted by atomic mass is 10.0. The van der Waals surface area contributed by atoms with Crippen LogP contribution in [0.3, 0.4) is 0 Å². The first-order chi connectivity index (χ1) is 27.8. The number of unbranched alkanes of at least 4 members (excludes halogenated alkanes) is 20. The van der Waals surface area contributed by atoms with E-state index in [1.807, 2.05) is 0 Å².